The first-order chi connectivity index (χ1) is 4.45. The van der Waals surface area contributed by atoms with Gasteiger partial charge in [-0.05, 0) is 40.7 Å². The predicted molar refractivity (Wildman–Crippen MR) is 47.7 cm³/mol. The molecule has 0 saturated carbocycles. The van der Waals surface area contributed by atoms with Gasteiger partial charge in [0.1, 0.15) is 0 Å². The smallest absolute Gasteiger partial charge is 0.0527 e. The molecule has 0 aliphatic heterocycles. The van der Waals surface area contributed by atoms with Crippen molar-refractivity contribution in [2.24, 2.45) is 4.99 Å². The molecule has 0 rings (SSSR count). The van der Waals surface area contributed by atoms with Crippen LogP contribution in [0.2, 0.25) is 0 Å². The second kappa shape index (κ2) is 3.55. The summed E-state index contributed by atoms with van der Waals surface area (Å²) in [6.45, 7) is 10.3. The number of aliphatic imine (C=N–C) groups is 1. The Hall–Kier alpha value is -0.590. The maximum atomic E-state index is 4.43. The number of nitrogens with zero attached hydrogens (tertiary/aromatic N) is 1. The molecule has 0 aromatic carbocycles. The van der Waals surface area contributed by atoms with Gasteiger partial charge in [-0.1, -0.05) is 6.08 Å². The maximum absolute atomic E-state index is 4.43. The van der Waals surface area contributed by atoms with Crippen LogP contribution in [0, 0.1) is 0 Å². The highest BCUT2D eigenvalue weighted by Gasteiger charge is 2.05. The van der Waals surface area contributed by atoms with Crippen molar-refractivity contribution in [1.82, 2.24) is 0 Å². The molecule has 0 spiro atoms. The highest BCUT2D eigenvalue weighted by Crippen LogP contribution is 2.06. The second-order valence-corrected chi connectivity index (χ2v) is 3.42. The van der Waals surface area contributed by atoms with E-state index in [1.165, 1.54) is 0 Å². The molecule has 0 bridgehead atoms. The SMILES string of the molecule is C/C=C/C(C)=NC(C)(C)C. The molecular weight excluding hydrogens is 122 g/mol. The van der Waals surface area contributed by atoms with Gasteiger partial charge < -0.3 is 0 Å². The molecule has 0 unspecified atom stereocenters. The Morgan fingerprint density at radius 3 is 2.10 bits per heavy atom. The molecule has 58 valence electrons. The van der Waals surface area contributed by atoms with Gasteiger partial charge in [-0.25, -0.2) is 0 Å². The Balaban J connectivity index is 4.17. The fourth-order valence-corrected chi connectivity index (χ4v) is 0.808. The molecule has 1 nitrogen and oxygen atoms in total. The summed E-state index contributed by atoms with van der Waals surface area (Å²) >= 11 is 0. The Kier molecular flexibility index (Phi) is 3.34. The lowest BCUT2D eigenvalue weighted by atomic mass is 10.1. The van der Waals surface area contributed by atoms with Gasteiger partial charge >= 0.3 is 0 Å². The monoisotopic (exact) mass is 139 g/mol. The van der Waals surface area contributed by atoms with Crippen molar-refractivity contribution in [3.05, 3.63) is 12.2 Å². The first-order valence-electron chi connectivity index (χ1n) is 3.65. The molecule has 10 heavy (non-hydrogen) atoms. The summed E-state index contributed by atoms with van der Waals surface area (Å²) in [6, 6.07) is 0. The fourth-order valence-electron chi connectivity index (χ4n) is 0.808. The van der Waals surface area contributed by atoms with E-state index in [1.54, 1.807) is 0 Å². The fraction of sp³-hybridized carbons (Fsp3) is 0.667. The summed E-state index contributed by atoms with van der Waals surface area (Å²) in [7, 11) is 0. The van der Waals surface area contributed by atoms with Crippen LogP contribution in [0.25, 0.3) is 0 Å². The van der Waals surface area contributed by atoms with Crippen molar-refractivity contribution in [2.75, 3.05) is 0 Å². The van der Waals surface area contributed by atoms with Crippen LogP contribution in [0.3, 0.4) is 0 Å². The van der Waals surface area contributed by atoms with E-state index in [1.807, 2.05) is 26.0 Å². The zero-order valence-corrected chi connectivity index (χ0v) is 7.60. The summed E-state index contributed by atoms with van der Waals surface area (Å²) in [4.78, 5) is 4.43. The van der Waals surface area contributed by atoms with Crippen molar-refractivity contribution >= 4 is 5.71 Å². The third-order valence-corrected chi connectivity index (χ3v) is 0.920. The summed E-state index contributed by atoms with van der Waals surface area (Å²) in [5.74, 6) is 0. The Morgan fingerprint density at radius 2 is 1.80 bits per heavy atom. The molecule has 0 saturated heterocycles. The van der Waals surface area contributed by atoms with Crippen LogP contribution in [-0.4, -0.2) is 11.3 Å². The zero-order valence-electron chi connectivity index (χ0n) is 7.60. The molecular formula is C9H17N. The number of rotatable bonds is 1. The van der Waals surface area contributed by atoms with Gasteiger partial charge in [-0.3, -0.25) is 4.99 Å². The lowest BCUT2D eigenvalue weighted by Crippen LogP contribution is -2.11. The summed E-state index contributed by atoms with van der Waals surface area (Å²) < 4.78 is 0. The Bertz CT molecular complexity index is 147. The normalized spacial score (nSPS) is 14.7. The van der Waals surface area contributed by atoms with E-state index < -0.39 is 0 Å². The van der Waals surface area contributed by atoms with Gasteiger partial charge in [0.25, 0.3) is 0 Å². The molecule has 0 aliphatic carbocycles. The van der Waals surface area contributed by atoms with Gasteiger partial charge in [0.15, 0.2) is 0 Å². The van der Waals surface area contributed by atoms with Crippen molar-refractivity contribution in [1.29, 1.82) is 0 Å². The lowest BCUT2D eigenvalue weighted by Gasteiger charge is -2.12. The molecule has 0 aromatic heterocycles. The minimum Gasteiger partial charge on any atom is -0.284 e. The van der Waals surface area contributed by atoms with Crippen LogP contribution in [0.15, 0.2) is 17.1 Å². The Morgan fingerprint density at radius 1 is 1.30 bits per heavy atom. The average molecular weight is 139 g/mol. The van der Waals surface area contributed by atoms with Gasteiger partial charge in [0.05, 0.1) is 5.54 Å². The number of allylic oxidation sites excluding steroid dienone is 2. The van der Waals surface area contributed by atoms with E-state index in [9.17, 15) is 0 Å². The van der Waals surface area contributed by atoms with Gasteiger partial charge in [-0.15, -0.1) is 0 Å². The standard InChI is InChI=1S/C9H17N/c1-6-7-8(2)10-9(3,4)5/h6-7H,1-5H3/b7-6+,10-8?. The Labute approximate surface area is 63.9 Å². The predicted octanol–water partition coefficient (Wildman–Crippen LogP) is 2.82. The molecule has 0 fully saturated rings. The topological polar surface area (TPSA) is 12.4 Å². The van der Waals surface area contributed by atoms with Crippen LogP contribution >= 0.6 is 0 Å². The highest BCUT2D eigenvalue weighted by molar-refractivity contribution is 5.92. The van der Waals surface area contributed by atoms with Gasteiger partial charge in [0, 0.05) is 5.71 Å². The number of hydrogen-bond acceptors (Lipinski definition) is 1. The largest absolute Gasteiger partial charge is 0.284 e. The van der Waals surface area contributed by atoms with E-state index in [0.717, 1.165) is 5.71 Å². The van der Waals surface area contributed by atoms with E-state index in [0.29, 0.717) is 0 Å². The van der Waals surface area contributed by atoms with Crippen LogP contribution in [0.4, 0.5) is 0 Å². The summed E-state index contributed by atoms with van der Waals surface area (Å²) in [6.07, 6.45) is 4.02. The van der Waals surface area contributed by atoms with Gasteiger partial charge in [-0.2, -0.15) is 0 Å². The third kappa shape index (κ3) is 5.54. The van der Waals surface area contributed by atoms with Crippen LogP contribution in [-0.2, 0) is 0 Å². The number of hydrogen-bond donors (Lipinski definition) is 0. The highest BCUT2D eigenvalue weighted by atomic mass is 14.8. The van der Waals surface area contributed by atoms with Crippen LogP contribution < -0.4 is 0 Å². The van der Waals surface area contributed by atoms with Crippen molar-refractivity contribution in [3.63, 3.8) is 0 Å². The molecule has 0 aliphatic rings. The maximum Gasteiger partial charge on any atom is 0.0527 e. The van der Waals surface area contributed by atoms with Crippen LogP contribution in [0.5, 0.6) is 0 Å². The van der Waals surface area contributed by atoms with Gasteiger partial charge in [0.2, 0.25) is 0 Å². The quantitative estimate of drug-likeness (QED) is 0.495. The first kappa shape index (κ1) is 9.41. The minimum absolute atomic E-state index is 0.0591. The molecule has 0 N–H and O–H groups in total. The van der Waals surface area contributed by atoms with Crippen molar-refractivity contribution in [3.8, 4) is 0 Å². The average Bonchev–Trinajstić information content (AvgIpc) is 1.59. The van der Waals surface area contributed by atoms with E-state index in [2.05, 4.69) is 25.8 Å². The zero-order chi connectivity index (χ0) is 8.20. The summed E-state index contributed by atoms with van der Waals surface area (Å²) in [5, 5.41) is 0. The first-order valence-corrected chi connectivity index (χ1v) is 3.65. The summed E-state index contributed by atoms with van der Waals surface area (Å²) in [5.41, 5.74) is 1.15. The molecule has 0 heterocycles. The molecule has 1 heteroatoms. The minimum atomic E-state index is 0.0591. The molecule has 0 atom stereocenters. The van der Waals surface area contributed by atoms with Crippen LogP contribution in [0.1, 0.15) is 34.6 Å². The molecule has 0 radical (unpaired) electrons. The van der Waals surface area contributed by atoms with Crippen molar-refractivity contribution < 1.29 is 0 Å². The van der Waals surface area contributed by atoms with E-state index >= 15 is 0 Å². The van der Waals surface area contributed by atoms with Crippen molar-refractivity contribution in [2.45, 2.75) is 40.2 Å². The molecule has 0 amide bonds. The lowest BCUT2D eigenvalue weighted by molar-refractivity contribution is 0.584. The van der Waals surface area contributed by atoms with E-state index in [4.69, 9.17) is 0 Å². The molecule has 0 aromatic rings. The second-order valence-electron chi connectivity index (χ2n) is 3.42. The van der Waals surface area contributed by atoms with E-state index in [-0.39, 0.29) is 5.54 Å². The third-order valence-electron chi connectivity index (χ3n) is 0.920.